The molecule has 0 aromatic carbocycles. The molecule has 8 heavy (non-hydrogen) atoms. The van der Waals surface area contributed by atoms with Crippen molar-refractivity contribution in [3.63, 3.8) is 0 Å². The summed E-state index contributed by atoms with van der Waals surface area (Å²) in [7, 11) is 3.55. The van der Waals surface area contributed by atoms with Gasteiger partial charge < -0.3 is 5.21 Å². The lowest BCUT2D eigenvalue weighted by atomic mass is 12.0. The first kappa shape index (κ1) is 10.8. The van der Waals surface area contributed by atoms with Crippen LogP contribution in [-0.2, 0) is 0 Å². The zero-order valence-electron chi connectivity index (χ0n) is 4.53. The fraction of sp³-hybridized carbons (Fsp3) is 1.00. The zero-order chi connectivity index (χ0) is 6.99. The maximum absolute atomic E-state index is 8.36. The summed E-state index contributed by atoms with van der Waals surface area (Å²) in [5.41, 5.74) is 0. The van der Waals surface area contributed by atoms with Gasteiger partial charge in [0.05, 0.1) is 0 Å². The number of hydrogen-bond acceptors (Lipinski definition) is 4. The number of nitrogens with zero attached hydrogens (tertiary/aromatic N) is 1. The monoisotopic (exact) mass is 157 g/mol. The highest BCUT2D eigenvalue weighted by atomic mass is 33.1. The molecule has 0 unspecified atom stereocenters. The average Bonchev–Trinajstić information content (AvgIpc) is 1.65. The molecule has 0 aliphatic rings. The van der Waals surface area contributed by atoms with E-state index in [1.807, 2.05) is 0 Å². The van der Waals surface area contributed by atoms with Crippen LogP contribution in [0.3, 0.4) is 0 Å². The molecule has 0 saturated heterocycles. The van der Waals surface area contributed by atoms with Gasteiger partial charge in [-0.1, -0.05) is 21.6 Å². The molecule has 0 aromatic heterocycles. The van der Waals surface area contributed by atoms with Crippen molar-refractivity contribution in [2.24, 2.45) is 0 Å². The Kier molecular flexibility index (Phi) is 13.5. The Morgan fingerprint density at radius 3 is 1.62 bits per heavy atom. The Morgan fingerprint density at radius 1 is 1.50 bits per heavy atom. The van der Waals surface area contributed by atoms with Gasteiger partial charge in [-0.25, -0.2) is 0 Å². The molecule has 0 aliphatic heterocycles. The molecule has 0 bridgehead atoms. The molecule has 0 heterocycles. The Labute approximate surface area is 55.2 Å². The highest BCUT2D eigenvalue weighted by Gasteiger charge is 1.65. The second-order valence-corrected chi connectivity index (χ2v) is 3.24. The number of rotatable bonds is 1. The number of hydrogen-bond donors (Lipinski definition) is 1. The van der Waals surface area contributed by atoms with E-state index in [0.29, 0.717) is 0 Å². The van der Waals surface area contributed by atoms with Crippen molar-refractivity contribution < 1.29 is 10.3 Å². The summed E-state index contributed by atoms with van der Waals surface area (Å²) in [6, 6.07) is 0. The lowest BCUT2D eigenvalue weighted by Gasteiger charge is -1.69. The van der Waals surface area contributed by atoms with Gasteiger partial charge in [0, 0.05) is 0 Å². The summed E-state index contributed by atoms with van der Waals surface area (Å²) < 4.78 is 0. The summed E-state index contributed by atoms with van der Waals surface area (Å²) in [6.45, 7) is 0. The Hall–Kier alpha value is -0.100. The molecule has 50 valence electrons. The van der Waals surface area contributed by atoms with Gasteiger partial charge >= 0.3 is 0 Å². The second kappa shape index (κ2) is 10.0. The maximum atomic E-state index is 8.36. The van der Waals surface area contributed by atoms with Crippen LogP contribution in [-0.4, -0.2) is 22.8 Å². The zero-order valence-corrected chi connectivity index (χ0v) is 6.16. The molecule has 0 aromatic rings. The molecule has 4 nitrogen and oxygen atoms in total. The second-order valence-electron chi connectivity index (χ2n) is 0.571. The van der Waals surface area contributed by atoms with E-state index in [1.54, 1.807) is 21.6 Å². The summed E-state index contributed by atoms with van der Waals surface area (Å²) in [5, 5.41) is 13.6. The predicted molar refractivity (Wildman–Crippen MR) is 35.8 cm³/mol. The topological polar surface area (TPSA) is 63.4 Å². The lowest BCUT2D eigenvalue weighted by Crippen LogP contribution is -1.81. The van der Waals surface area contributed by atoms with Crippen molar-refractivity contribution in [1.82, 2.24) is 0 Å². The van der Waals surface area contributed by atoms with Gasteiger partial charge in [0.2, 0.25) is 0 Å². The normalized spacial score (nSPS) is 6.75. The SMILES string of the molecule is CSSC.O=[N+]([O-])O. The first-order valence-electron chi connectivity index (χ1n) is 1.55. The van der Waals surface area contributed by atoms with Crippen LogP contribution in [0.5, 0.6) is 0 Å². The largest absolute Gasteiger partial charge is 0.328 e. The molecule has 0 rings (SSSR count). The van der Waals surface area contributed by atoms with Crippen LogP contribution in [0, 0.1) is 10.1 Å². The Morgan fingerprint density at radius 2 is 1.62 bits per heavy atom. The fourth-order valence-electron chi connectivity index (χ4n) is 0. The van der Waals surface area contributed by atoms with Gasteiger partial charge in [-0.3, -0.25) is 0 Å². The first-order chi connectivity index (χ1) is 3.65. The third kappa shape index (κ3) is 175. The van der Waals surface area contributed by atoms with Gasteiger partial charge in [-0.2, -0.15) is 0 Å². The Balaban J connectivity index is 0. The predicted octanol–water partition coefficient (Wildman–Crippen LogP) is 1.28. The van der Waals surface area contributed by atoms with Crippen LogP contribution in [0.1, 0.15) is 0 Å². The average molecular weight is 157 g/mol. The van der Waals surface area contributed by atoms with Crippen LogP contribution in [0.4, 0.5) is 0 Å². The minimum Gasteiger partial charge on any atom is -0.328 e. The van der Waals surface area contributed by atoms with E-state index in [4.69, 9.17) is 15.3 Å². The molecule has 1 N–H and O–H groups in total. The van der Waals surface area contributed by atoms with Crippen LogP contribution in [0.25, 0.3) is 0 Å². The molecule has 0 saturated carbocycles. The maximum Gasteiger partial charge on any atom is 0.291 e. The summed E-state index contributed by atoms with van der Waals surface area (Å²) in [5.74, 6) is 0. The van der Waals surface area contributed by atoms with Crippen molar-refractivity contribution in [2.75, 3.05) is 12.5 Å². The van der Waals surface area contributed by atoms with E-state index in [2.05, 4.69) is 12.5 Å². The molecule has 0 fully saturated rings. The van der Waals surface area contributed by atoms with E-state index in [0.717, 1.165) is 0 Å². The van der Waals surface area contributed by atoms with Gasteiger partial charge in [0.25, 0.3) is 5.09 Å². The van der Waals surface area contributed by atoms with Gasteiger partial charge in [0.15, 0.2) is 0 Å². The van der Waals surface area contributed by atoms with Crippen molar-refractivity contribution in [1.29, 1.82) is 0 Å². The quantitative estimate of drug-likeness (QED) is 0.353. The van der Waals surface area contributed by atoms with Crippen LogP contribution >= 0.6 is 21.6 Å². The summed E-state index contributed by atoms with van der Waals surface area (Å²) in [4.78, 5) is 8.36. The van der Waals surface area contributed by atoms with Crippen molar-refractivity contribution in [3.05, 3.63) is 10.1 Å². The van der Waals surface area contributed by atoms with Gasteiger partial charge in [0.1, 0.15) is 0 Å². The van der Waals surface area contributed by atoms with Crippen LogP contribution < -0.4 is 0 Å². The molecule has 0 amide bonds. The molecule has 0 spiro atoms. The molecule has 6 heteroatoms. The third-order valence-electron chi connectivity index (χ3n) is 0.167. The first-order valence-corrected chi connectivity index (χ1v) is 4.51. The van der Waals surface area contributed by atoms with E-state index in [9.17, 15) is 0 Å². The third-order valence-corrected chi connectivity index (χ3v) is 1.50. The lowest BCUT2D eigenvalue weighted by molar-refractivity contribution is -0.742. The van der Waals surface area contributed by atoms with Gasteiger partial charge in [-0.15, -0.1) is 10.1 Å². The van der Waals surface area contributed by atoms with Crippen molar-refractivity contribution in [2.45, 2.75) is 0 Å². The highest BCUT2D eigenvalue weighted by molar-refractivity contribution is 8.76. The van der Waals surface area contributed by atoms with E-state index in [-0.39, 0.29) is 0 Å². The van der Waals surface area contributed by atoms with E-state index in [1.165, 1.54) is 0 Å². The molecular weight excluding hydrogens is 150 g/mol. The Bertz CT molecular complexity index is 53.2. The fourth-order valence-corrected chi connectivity index (χ4v) is 0. The molecule has 0 aliphatic carbocycles. The minimum atomic E-state index is -1.50. The smallest absolute Gasteiger partial charge is 0.291 e. The van der Waals surface area contributed by atoms with Crippen molar-refractivity contribution >= 4 is 21.6 Å². The van der Waals surface area contributed by atoms with E-state index >= 15 is 0 Å². The van der Waals surface area contributed by atoms with E-state index < -0.39 is 5.09 Å². The summed E-state index contributed by atoms with van der Waals surface area (Å²) >= 11 is 0. The van der Waals surface area contributed by atoms with Gasteiger partial charge in [-0.05, 0) is 12.5 Å². The van der Waals surface area contributed by atoms with Crippen LogP contribution in [0.2, 0.25) is 0 Å². The van der Waals surface area contributed by atoms with Crippen molar-refractivity contribution in [3.8, 4) is 0 Å². The van der Waals surface area contributed by atoms with Crippen LogP contribution in [0.15, 0.2) is 0 Å². The summed E-state index contributed by atoms with van der Waals surface area (Å²) in [6.07, 6.45) is 4.12. The standard InChI is InChI=1S/C2H6S2.HNO3/c1-3-4-2;2-1(3)4/h1-2H3;(H,2,3,4). The highest BCUT2D eigenvalue weighted by Crippen LogP contribution is 2.09. The minimum absolute atomic E-state index is 1.50. The molecule has 0 atom stereocenters. The molecule has 0 radical (unpaired) electrons. The molecular formula is C2H7NO3S2.